The number of rotatable bonds is 17. The Hall–Kier alpha value is -2.49. The zero-order valence-corrected chi connectivity index (χ0v) is 30.0. The first kappa shape index (κ1) is 36.3. The van der Waals surface area contributed by atoms with Gasteiger partial charge in [0.05, 0.1) is 18.1 Å². The predicted molar refractivity (Wildman–Crippen MR) is 197 cm³/mol. The van der Waals surface area contributed by atoms with Gasteiger partial charge in [-0.3, -0.25) is 5.32 Å². The van der Waals surface area contributed by atoms with Crippen molar-refractivity contribution in [3.05, 3.63) is 59.2 Å². The standard InChI is InChI=1S/C41H61N3O5/c1-3-4-13-40-30(25-45)21-32(49-40)17-14-28-15-19-39(47)41(20-28)48-26-38(43-31-10-6-5-7-11-31)37-22-34-35(24-42-23-27(2)46)33-12-8-9-29(33)16-18-36(34)44-37/h15,19-22,27,29,31,33,35,38,40,42-43,45-46,49H,3-14,16-18,23-26H2,1-2H3/p+1/t27-,29-,33-,35-,38-,40?/m0/s1. The smallest absolute Gasteiger partial charge is 0.196 e. The van der Waals surface area contributed by atoms with Gasteiger partial charge in [-0.15, -0.1) is 16.6 Å². The number of unbranched alkanes of at least 4 members (excludes halogenated alkanes) is 1. The number of phenolic OH excluding ortho intramolecular Hbond substituents is 1. The summed E-state index contributed by atoms with van der Waals surface area (Å²) in [4.78, 5) is 5.34. The number of nitrogens with one attached hydrogen (secondary N) is 2. The van der Waals surface area contributed by atoms with E-state index in [1.54, 1.807) is 6.07 Å². The van der Waals surface area contributed by atoms with E-state index in [9.17, 15) is 15.3 Å². The molecule has 0 saturated heterocycles. The van der Waals surface area contributed by atoms with E-state index in [4.69, 9.17) is 14.5 Å². The molecule has 2 heterocycles. The molecular formula is C41H62N3O5+. The Labute approximate surface area is 294 Å². The maximum atomic E-state index is 10.9. The van der Waals surface area contributed by atoms with E-state index in [2.05, 4.69) is 29.7 Å². The maximum absolute atomic E-state index is 10.9. The van der Waals surface area contributed by atoms with Gasteiger partial charge in [0, 0.05) is 38.6 Å². The summed E-state index contributed by atoms with van der Waals surface area (Å²) in [5, 5.41) is 38.2. The third-order valence-electron chi connectivity index (χ3n) is 11.7. The maximum Gasteiger partial charge on any atom is 0.196 e. The van der Waals surface area contributed by atoms with Gasteiger partial charge in [-0.05, 0) is 81.4 Å². The number of nitrogens with zero attached hydrogens (tertiary/aromatic N) is 1. The third kappa shape index (κ3) is 9.44. The Balaban J connectivity index is 1.14. The van der Waals surface area contributed by atoms with Gasteiger partial charge in [-0.25, -0.2) is 0 Å². The summed E-state index contributed by atoms with van der Waals surface area (Å²) in [5.74, 6) is 3.91. The molecule has 3 fully saturated rings. The zero-order chi connectivity index (χ0) is 34.2. The second-order valence-electron chi connectivity index (χ2n) is 15.4. The summed E-state index contributed by atoms with van der Waals surface area (Å²) in [5.41, 5.74) is 4.43. The summed E-state index contributed by atoms with van der Waals surface area (Å²) in [6, 6.07) is 6.06. The van der Waals surface area contributed by atoms with Crippen molar-refractivity contribution in [2.75, 3.05) is 26.3 Å². The van der Waals surface area contributed by atoms with Crippen LogP contribution >= 0.6 is 0 Å². The van der Waals surface area contributed by atoms with Gasteiger partial charge in [-0.2, -0.15) is 0 Å². The van der Waals surface area contributed by atoms with Crippen LogP contribution < -0.4 is 15.4 Å². The number of aliphatic hydroxyl groups excluding tert-OH is 2. The van der Waals surface area contributed by atoms with Gasteiger partial charge in [0.1, 0.15) is 30.4 Å². The second-order valence-corrected chi connectivity index (χ2v) is 15.4. The number of allylic oxidation sites excluding steroid dienone is 1. The highest BCUT2D eigenvalue weighted by Crippen LogP contribution is 2.48. The van der Waals surface area contributed by atoms with Crippen LogP contribution in [0.2, 0.25) is 0 Å². The minimum atomic E-state index is -0.357. The molecule has 6 N–H and O–H groups in total. The number of aryl methyl sites for hydroxylation is 1. The summed E-state index contributed by atoms with van der Waals surface area (Å²) in [6.07, 6.45) is 22.4. The molecule has 0 amide bonds. The Kier molecular flexibility index (Phi) is 13.1. The fourth-order valence-electron chi connectivity index (χ4n) is 9.02. The first-order valence-corrected chi connectivity index (χ1v) is 19.6. The van der Waals surface area contributed by atoms with Crippen LogP contribution in [0.3, 0.4) is 0 Å². The summed E-state index contributed by atoms with van der Waals surface area (Å²) < 4.78 is 11.4. The molecule has 6 rings (SSSR count). The van der Waals surface area contributed by atoms with Gasteiger partial charge in [0.15, 0.2) is 23.2 Å². The minimum absolute atomic E-state index is 0.0670. The number of hydrogen-bond donors (Lipinski definition) is 5. The Morgan fingerprint density at radius 3 is 2.78 bits per heavy atom. The van der Waals surface area contributed by atoms with E-state index < -0.39 is 0 Å². The van der Waals surface area contributed by atoms with Gasteiger partial charge in [0.2, 0.25) is 0 Å². The molecule has 270 valence electrons. The Bertz CT molecular complexity index is 1300. The lowest BCUT2D eigenvalue weighted by molar-refractivity contribution is -0.0550. The molecule has 0 spiro atoms. The highest BCUT2D eigenvalue weighted by molar-refractivity contribution is 6.03. The van der Waals surface area contributed by atoms with Gasteiger partial charge in [-0.1, -0.05) is 51.5 Å². The van der Waals surface area contributed by atoms with Gasteiger partial charge in [0.25, 0.3) is 0 Å². The van der Waals surface area contributed by atoms with Crippen molar-refractivity contribution in [3.8, 4) is 11.5 Å². The molecule has 49 heavy (non-hydrogen) atoms. The number of aliphatic hydroxyl groups is 4. The fourth-order valence-corrected chi connectivity index (χ4v) is 9.02. The van der Waals surface area contributed by atoms with Crippen LogP contribution in [0.5, 0.6) is 11.5 Å². The molecule has 0 radical (unpaired) electrons. The van der Waals surface area contributed by atoms with Crippen LogP contribution in [0.15, 0.2) is 46.6 Å². The lowest BCUT2D eigenvalue weighted by Gasteiger charge is -2.27. The van der Waals surface area contributed by atoms with E-state index in [0.717, 1.165) is 73.9 Å². The molecule has 1 aromatic carbocycles. The molecular weight excluding hydrogens is 614 g/mol. The molecule has 1 aromatic rings. The average Bonchev–Trinajstić information content (AvgIpc) is 3.84. The number of fused-ring (bicyclic) bond motifs is 2. The molecule has 0 aromatic heterocycles. The molecule has 8 heteroatoms. The van der Waals surface area contributed by atoms with Crippen LogP contribution in [0, 0.1) is 29.8 Å². The lowest BCUT2D eigenvalue weighted by atomic mass is 9.77. The number of aromatic hydroxyl groups is 1. The predicted octanol–water partition coefficient (Wildman–Crippen LogP) is 6.26. The van der Waals surface area contributed by atoms with E-state index in [0.29, 0.717) is 36.8 Å². The first-order chi connectivity index (χ1) is 23.9. The molecule has 0 bridgehead atoms. The Morgan fingerprint density at radius 2 is 1.98 bits per heavy atom. The number of ether oxygens (including phenoxy) is 2. The van der Waals surface area contributed by atoms with Crippen molar-refractivity contribution in [1.82, 2.24) is 10.6 Å². The largest absolute Gasteiger partial charge is 0.504 e. The summed E-state index contributed by atoms with van der Waals surface area (Å²) >= 11 is 0. The highest BCUT2D eigenvalue weighted by atomic mass is 16.5. The number of hydrogen-bond acceptors (Lipinski definition) is 7. The number of phenols is 1. The molecule has 2 aliphatic heterocycles. The van der Waals surface area contributed by atoms with Crippen LogP contribution in [-0.4, -0.2) is 76.4 Å². The van der Waals surface area contributed by atoms with E-state index >= 15 is 0 Å². The van der Waals surface area contributed by atoms with Crippen LogP contribution in [0.25, 0.3) is 0 Å². The molecule has 3 aliphatic carbocycles. The molecule has 1 unspecified atom stereocenters. The van der Waals surface area contributed by atoms with Crippen molar-refractivity contribution >= 4 is 5.71 Å². The lowest BCUT2D eigenvalue weighted by Crippen LogP contribution is -2.43. The number of benzene rings is 1. The van der Waals surface area contributed by atoms with E-state index in [-0.39, 0.29) is 30.6 Å². The van der Waals surface area contributed by atoms with Crippen molar-refractivity contribution in [3.63, 3.8) is 0 Å². The molecule has 5 aliphatic rings. The van der Waals surface area contributed by atoms with Crippen molar-refractivity contribution in [1.29, 1.82) is 0 Å². The van der Waals surface area contributed by atoms with Crippen molar-refractivity contribution in [2.45, 2.75) is 134 Å². The molecule has 3 saturated carbocycles. The minimum Gasteiger partial charge on any atom is -0.504 e. The first-order valence-electron chi connectivity index (χ1n) is 19.6. The van der Waals surface area contributed by atoms with Crippen LogP contribution in [0.1, 0.15) is 109 Å². The zero-order valence-electron chi connectivity index (χ0n) is 30.0. The van der Waals surface area contributed by atoms with Crippen LogP contribution in [-0.2, 0) is 6.42 Å². The highest BCUT2D eigenvalue weighted by Gasteiger charge is 2.49. The fraction of sp³-hybridized carbons (Fsp3) is 0.683. The molecule has 6 atom stereocenters. The summed E-state index contributed by atoms with van der Waals surface area (Å²) in [7, 11) is 0. The second kappa shape index (κ2) is 17.6. The monoisotopic (exact) mass is 676 g/mol. The van der Waals surface area contributed by atoms with E-state index in [1.165, 1.54) is 69.4 Å². The topological polar surface area (TPSA) is 119 Å². The molecule has 8 nitrogen and oxygen atoms in total. The number of aliphatic imine (C=N–C) groups is 1. The Morgan fingerprint density at radius 1 is 1.12 bits per heavy atom. The average molecular weight is 677 g/mol. The van der Waals surface area contributed by atoms with Crippen molar-refractivity contribution < 1.29 is 24.8 Å². The van der Waals surface area contributed by atoms with Crippen LogP contribution in [0.4, 0.5) is 0 Å². The third-order valence-corrected chi connectivity index (χ3v) is 11.7. The van der Waals surface area contributed by atoms with E-state index in [1.807, 2.05) is 19.1 Å². The normalized spacial score (nSPS) is 26.9. The quantitative estimate of drug-likeness (QED) is 0.0983. The van der Waals surface area contributed by atoms with Gasteiger partial charge >= 0.3 is 0 Å². The SMILES string of the molecule is CCCCC1[OH+][C-](CCc2ccc(O)c(OC[C@H](NC3CCCCC3)C3=C[C+]4C(=N3)CC[C@@H]3CCC[C@@H]3[C@@H]4CNC[C@H](C)O)c2)C=C1CO. The van der Waals surface area contributed by atoms with Gasteiger partial charge < -0.3 is 30.1 Å². The van der Waals surface area contributed by atoms with Crippen molar-refractivity contribution in [2.24, 2.45) is 22.7 Å². The summed E-state index contributed by atoms with van der Waals surface area (Å²) in [6.45, 7) is 5.99.